The minimum atomic E-state index is -0.220. The van der Waals surface area contributed by atoms with Gasteiger partial charge < -0.3 is 5.11 Å². The fourth-order valence-corrected chi connectivity index (χ4v) is 1.20. The van der Waals surface area contributed by atoms with Crippen molar-refractivity contribution in [2.75, 3.05) is 0 Å². The third kappa shape index (κ3) is 1.88. The summed E-state index contributed by atoms with van der Waals surface area (Å²) in [5, 5.41) is 9.12. The van der Waals surface area contributed by atoms with Gasteiger partial charge in [-0.3, -0.25) is 4.98 Å². The first-order valence-corrected chi connectivity index (χ1v) is 3.75. The van der Waals surface area contributed by atoms with Gasteiger partial charge in [0.15, 0.2) is 5.05 Å². The lowest BCUT2D eigenvalue weighted by molar-refractivity contribution is 0.570. The summed E-state index contributed by atoms with van der Waals surface area (Å²) in [7, 11) is 0. The Balaban J connectivity index is 3.20. The number of nitrogens with zero attached hydrogens (tertiary/aromatic N) is 1. The molecule has 58 valence electrons. The van der Waals surface area contributed by atoms with Crippen LogP contribution in [0.3, 0.4) is 0 Å². The van der Waals surface area contributed by atoms with Crippen molar-refractivity contribution in [2.24, 2.45) is 0 Å². The predicted octanol–water partition coefficient (Wildman–Crippen LogP) is 2.28. The Hall–Kier alpha value is -0.670. The number of pyridine rings is 1. The van der Waals surface area contributed by atoms with E-state index in [1.165, 1.54) is 6.20 Å². The predicted molar refractivity (Wildman–Crippen MR) is 48.3 cm³/mol. The standard InChI is InChI=1S/C7H6ClNOS/c1-4-2-6(8)5(3-9-4)7(10)11/h2-3H,1H3,(H,10,11). The molecule has 0 radical (unpaired) electrons. The van der Waals surface area contributed by atoms with E-state index >= 15 is 0 Å². The third-order valence-electron chi connectivity index (χ3n) is 1.22. The highest BCUT2D eigenvalue weighted by Crippen LogP contribution is 2.15. The zero-order chi connectivity index (χ0) is 8.43. The van der Waals surface area contributed by atoms with Crippen LogP contribution in [0.15, 0.2) is 12.3 Å². The highest BCUT2D eigenvalue weighted by molar-refractivity contribution is 7.80. The van der Waals surface area contributed by atoms with Crippen LogP contribution in [0.2, 0.25) is 5.02 Å². The maximum absolute atomic E-state index is 8.90. The van der Waals surface area contributed by atoms with Crippen LogP contribution < -0.4 is 0 Å². The van der Waals surface area contributed by atoms with Gasteiger partial charge in [0.25, 0.3) is 0 Å². The van der Waals surface area contributed by atoms with Gasteiger partial charge in [-0.05, 0) is 25.2 Å². The Bertz CT molecular complexity index is 300. The van der Waals surface area contributed by atoms with Gasteiger partial charge in [-0.2, -0.15) is 0 Å². The van der Waals surface area contributed by atoms with Crippen LogP contribution in [0.1, 0.15) is 11.3 Å². The molecule has 0 bridgehead atoms. The Kier molecular flexibility index (Phi) is 2.42. The largest absolute Gasteiger partial charge is 0.498 e. The molecule has 1 N–H and O–H groups in total. The molecule has 0 aliphatic heterocycles. The van der Waals surface area contributed by atoms with Gasteiger partial charge in [-0.15, -0.1) is 0 Å². The summed E-state index contributed by atoms with van der Waals surface area (Å²) in [6.45, 7) is 1.82. The molecule has 0 spiro atoms. The summed E-state index contributed by atoms with van der Waals surface area (Å²) in [6.07, 6.45) is 1.46. The van der Waals surface area contributed by atoms with E-state index in [1.54, 1.807) is 6.07 Å². The Labute approximate surface area is 74.8 Å². The second-order valence-electron chi connectivity index (χ2n) is 2.11. The average Bonchev–Trinajstić information content (AvgIpc) is 1.85. The van der Waals surface area contributed by atoms with Crippen LogP contribution in [-0.4, -0.2) is 15.1 Å². The Morgan fingerprint density at radius 3 is 2.82 bits per heavy atom. The van der Waals surface area contributed by atoms with Crippen LogP contribution in [-0.2, 0) is 0 Å². The molecule has 11 heavy (non-hydrogen) atoms. The van der Waals surface area contributed by atoms with E-state index in [-0.39, 0.29) is 5.05 Å². The Morgan fingerprint density at radius 2 is 2.36 bits per heavy atom. The van der Waals surface area contributed by atoms with Crippen molar-refractivity contribution in [1.29, 1.82) is 0 Å². The van der Waals surface area contributed by atoms with Crippen molar-refractivity contribution in [3.63, 3.8) is 0 Å². The minimum Gasteiger partial charge on any atom is -0.498 e. The number of rotatable bonds is 1. The first kappa shape index (κ1) is 8.43. The molecule has 1 aromatic heterocycles. The molecule has 1 rings (SSSR count). The summed E-state index contributed by atoms with van der Waals surface area (Å²) >= 11 is 10.3. The molecule has 0 fully saturated rings. The van der Waals surface area contributed by atoms with Gasteiger partial charge in [0.05, 0.1) is 10.6 Å². The van der Waals surface area contributed by atoms with Gasteiger partial charge in [-0.25, -0.2) is 0 Å². The molecule has 0 amide bonds. The van der Waals surface area contributed by atoms with Crippen LogP contribution in [0.25, 0.3) is 0 Å². The summed E-state index contributed by atoms with van der Waals surface area (Å²) in [4.78, 5) is 3.93. The maximum Gasteiger partial charge on any atom is 0.191 e. The zero-order valence-electron chi connectivity index (χ0n) is 5.84. The number of aliphatic hydroxyl groups excluding tert-OH is 1. The molecule has 0 aliphatic carbocycles. The topological polar surface area (TPSA) is 33.1 Å². The summed E-state index contributed by atoms with van der Waals surface area (Å²) in [5.74, 6) is 0. The lowest BCUT2D eigenvalue weighted by Crippen LogP contribution is -1.97. The van der Waals surface area contributed by atoms with Crippen molar-refractivity contribution in [1.82, 2.24) is 4.98 Å². The van der Waals surface area contributed by atoms with Crippen molar-refractivity contribution in [3.8, 4) is 0 Å². The van der Waals surface area contributed by atoms with Crippen molar-refractivity contribution < 1.29 is 5.11 Å². The normalized spacial score (nSPS) is 9.64. The molecule has 1 heterocycles. The molecular formula is C7H6ClNOS. The van der Waals surface area contributed by atoms with Gasteiger partial charge >= 0.3 is 0 Å². The van der Waals surface area contributed by atoms with Crippen molar-refractivity contribution in [3.05, 3.63) is 28.5 Å². The molecule has 0 aromatic carbocycles. The van der Waals surface area contributed by atoms with Crippen LogP contribution >= 0.6 is 23.8 Å². The van der Waals surface area contributed by atoms with Crippen molar-refractivity contribution >= 4 is 28.9 Å². The molecule has 0 atom stereocenters. The molecule has 0 saturated heterocycles. The number of thiocarbonyl (C=S) groups is 1. The first-order chi connectivity index (χ1) is 5.11. The SMILES string of the molecule is Cc1cc(Cl)c(C(O)=S)cn1. The monoisotopic (exact) mass is 187 g/mol. The van der Waals surface area contributed by atoms with E-state index in [1.807, 2.05) is 6.92 Å². The first-order valence-electron chi connectivity index (χ1n) is 2.96. The third-order valence-corrected chi connectivity index (χ3v) is 1.75. The minimum absolute atomic E-state index is 0.220. The van der Waals surface area contributed by atoms with Crippen LogP contribution in [0.4, 0.5) is 0 Å². The average molecular weight is 188 g/mol. The van der Waals surface area contributed by atoms with Crippen LogP contribution in [0, 0.1) is 6.92 Å². The number of aryl methyl sites for hydroxylation is 1. The lowest BCUT2D eigenvalue weighted by Gasteiger charge is -1.99. The van der Waals surface area contributed by atoms with Gasteiger partial charge in [0.1, 0.15) is 0 Å². The second kappa shape index (κ2) is 3.15. The van der Waals surface area contributed by atoms with Gasteiger partial charge in [0.2, 0.25) is 0 Å². The Morgan fingerprint density at radius 1 is 1.73 bits per heavy atom. The van der Waals surface area contributed by atoms with Crippen molar-refractivity contribution in [2.45, 2.75) is 6.92 Å². The van der Waals surface area contributed by atoms with Gasteiger partial charge in [-0.1, -0.05) is 11.6 Å². The fourth-order valence-electron chi connectivity index (χ4n) is 0.684. The van der Waals surface area contributed by atoms with Crippen LogP contribution in [0.5, 0.6) is 0 Å². The number of halogens is 1. The molecule has 0 saturated carbocycles. The van der Waals surface area contributed by atoms with E-state index in [4.69, 9.17) is 16.7 Å². The van der Waals surface area contributed by atoms with E-state index in [9.17, 15) is 0 Å². The molecule has 1 aromatic rings. The smallest absolute Gasteiger partial charge is 0.191 e. The summed E-state index contributed by atoms with van der Waals surface area (Å²) in [5.41, 5.74) is 1.21. The molecule has 4 heteroatoms. The maximum atomic E-state index is 8.90. The molecular weight excluding hydrogens is 182 g/mol. The highest BCUT2D eigenvalue weighted by atomic mass is 35.5. The molecule has 0 unspecified atom stereocenters. The van der Waals surface area contributed by atoms with E-state index < -0.39 is 0 Å². The number of hydrogen-bond donors (Lipinski definition) is 1. The number of aromatic nitrogens is 1. The molecule has 0 aliphatic rings. The summed E-state index contributed by atoms with van der Waals surface area (Å²) in [6, 6.07) is 1.65. The van der Waals surface area contributed by atoms with Gasteiger partial charge in [0, 0.05) is 11.9 Å². The van der Waals surface area contributed by atoms with E-state index in [2.05, 4.69) is 17.2 Å². The zero-order valence-corrected chi connectivity index (χ0v) is 7.41. The number of hydrogen-bond acceptors (Lipinski definition) is 2. The quantitative estimate of drug-likeness (QED) is 0.685. The fraction of sp³-hybridized carbons (Fsp3) is 0.143. The highest BCUT2D eigenvalue weighted by Gasteiger charge is 2.04. The van der Waals surface area contributed by atoms with E-state index in [0.717, 1.165) is 5.69 Å². The lowest BCUT2D eigenvalue weighted by atomic mass is 10.3. The second-order valence-corrected chi connectivity index (χ2v) is 2.90. The van der Waals surface area contributed by atoms with E-state index in [0.29, 0.717) is 10.6 Å². The number of aliphatic hydroxyl groups is 1. The molecule has 2 nitrogen and oxygen atoms in total. The summed E-state index contributed by atoms with van der Waals surface area (Å²) < 4.78 is 0.